The van der Waals surface area contributed by atoms with Gasteiger partial charge in [-0.1, -0.05) is 6.92 Å². The normalized spacial score (nSPS) is 16.9. The van der Waals surface area contributed by atoms with Crippen molar-refractivity contribution in [3.8, 4) is 6.07 Å². The van der Waals surface area contributed by atoms with Crippen LogP contribution in [-0.2, 0) is 4.79 Å². The lowest BCUT2D eigenvalue weighted by molar-refractivity contribution is -0.144. The smallest absolute Gasteiger partial charge is 0.319 e. The number of nitrogens with zero attached hydrogens (tertiary/aromatic N) is 3. The van der Waals surface area contributed by atoms with Crippen LogP contribution in [0.5, 0.6) is 0 Å². The van der Waals surface area contributed by atoms with Gasteiger partial charge < -0.3 is 14.9 Å². The van der Waals surface area contributed by atoms with Crippen molar-refractivity contribution in [1.29, 1.82) is 5.26 Å². The topological polar surface area (TPSA) is 84.6 Å². The van der Waals surface area contributed by atoms with Crippen molar-refractivity contribution in [3.05, 3.63) is 0 Å². The van der Waals surface area contributed by atoms with Crippen LogP contribution in [0, 0.1) is 23.2 Å². The van der Waals surface area contributed by atoms with Crippen molar-refractivity contribution in [2.24, 2.45) is 11.8 Å². The third-order valence-electron chi connectivity index (χ3n) is 3.16. The standard InChI is InChI=1S/C11H17N3O3/c1-8(10(15)16)9-6-14(7-9)11(17)13(2)5-3-4-12/h8-9H,3,5-7H2,1-2H3,(H,15,16). The number of nitriles is 1. The summed E-state index contributed by atoms with van der Waals surface area (Å²) >= 11 is 0. The third kappa shape index (κ3) is 3.09. The fraction of sp³-hybridized carbons (Fsp3) is 0.727. The van der Waals surface area contributed by atoms with Crippen molar-refractivity contribution in [2.45, 2.75) is 13.3 Å². The summed E-state index contributed by atoms with van der Waals surface area (Å²) in [5, 5.41) is 17.2. The number of aliphatic carboxylic acids is 1. The number of hydrogen-bond donors (Lipinski definition) is 1. The van der Waals surface area contributed by atoms with Crippen molar-refractivity contribution < 1.29 is 14.7 Å². The zero-order valence-electron chi connectivity index (χ0n) is 10.1. The summed E-state index contributed by atoms with van der Waals surface area (Å²) in [7, 11) is 1.65. The number of rotatable bonds is 4. The lowest BCUT2D eigenvalue weighted by Gasteiger charge is -2.42. The molecule has 2 amide bonds. The first-order valence-corrected chi connectivity index (χ1v) is 5.57. The molecule has 1 saturated heterocycles. The number of urea groups is 1. The van der Waals surface area contributed by atoms with Gasteiger partial charge in [0.15, 0.2) is 0 Å². The Morgan fingerprint density at radius 2 is 2.18 bits per heavy atom. The van der Waals surface area contributed by atoms with Crippen LogP contribution in [0.15, 0.2) is 0 Å². The van der Waals surface area contributed by atoms with Crippen LogP contribution < -0.4 is 0 Å². The van der Waals surface area contributed by atoms with Gasteiger partial charge in [0.05, 0.1) is 18.4 Å². The zero-order chi connectivity index (χ0) is 13.0. The molecule has 0 bridgehead atoms. The monoisotopic (exact) mass is 239 g/mol. The number of carboxylic acids is 1. The molecule has 0 radical (unpaired) electrons. The summed E-state index contributed by atoms with van der Waals surface area (Å²) in [6.45, 7) is 3.05. The highest BCUT2D eigenvalue weighted by Gasteiger charge is 2.37. The van der Waals surface area contributed by atoms with Gasteiger partial charge in [0.25, 0.3) is 0 Å². The van der Waals surface area contributed by atoms with Gasteiger partial charge in [-0.05, 0) is 0 Å². The molecule has 17 heavy (non-hydrogen) atoms. The van der Waals surface area contributed by atoms with E-state index < -0.39 is 11.9 Å². The number of hydrogen-bond acceptors (Lipinski definition) is 3. The maximum absolute atomic E-state index is 11.8. The molecule has 6 heteroatoms. The van der Waals surface area contributed by atoms with Crippen molar-refractivity contribution >= 4 is 12.0 Å². The van der Waals surface area contributed by atoms with Crippen LogP contribution in [0.3, 0.4) is 0 Å². The summed E-state index contributed by atoms with van der Waals surface area (Å²) < 4.78 is 0. The minimum atomic E-state index is -0.820. The van der Waals surface area contributed by atoms with Gasteiger partial charge >= 0.3 is 12.0 Å². The maximum Gasteiger partial charge on any atom is 0.319 e. The molecule has 1 atom stereocenters. The number of carbonyl (C=O) groups excluding carboxylic acids is 1. The van der Waals surface area contributed by atoms with E-state index in [1.165, 1.54) is 4.90 Å². The molecule has 1 rings (SSSR count). The summed E-state index contributed by atoms with van der Waals surface area (Å²) in [6.07, 6.45) is 0.311. The average Bonchev–Trinajstić information content (AvgIpc) is 2.23. The Bertz CT molecular complexity index is 344. The van der Waals surface area contributed by atoms with Crippen molar-refractivity contribution in [2.75, 3.05) is 26.7 Å². The van der Waals surface area contributed by atoms with Gasteiger partial charge in [0.1, 0.15) is 0 Å². The van der Waals surface area contributed by atoms with Gasteiger partial charge in [-0.3, -0.25) is 4.79 Å². The molecule has 0 aromatic heterocycles. The summed E-state index contributed by atoms with van der Waals surface area (Å²) in [6, 6.07) is 1.85. The molecular weight excluding hydrogens is 222 g/mol. The maximum atomic E-state index is 11.8. The van der Waals surface area contributed by atoms with Gasteiger partial charge in [-0.25, -0.2) is 4.79 Å². The van der Waals surface area contributed by atoms with E-state index in [9.17, 15) is 9.59 Å². The molecule has 0 aromatic carbocycles. The molecule has 1 heterocycles. The highest BCUT2D eigenvalue weighted by molar-refractivity contribution is 5.76. The number of likely N-dealkylation sites (tertiary alicyclic amines) is 1. The third-order valence-corrected chi connectivity index (χ3v) is 3.16. The van der Waals surface area contributed by atoms with E-state index in [1.54, 1.807) is 18.9 Å². The van der Waals surface area contributed by atoms with E-state index in [2.05, 4.69) is 0 Å². The Kier molecular flexibility index (Phi) is 4.32. The van der Waals surface area contributed by atoms with E-state index in [4.69, 9.17) is 10.4 Å². The fourth-order valence-electron chi connectivity index (χ4n) is 1.74. The Hall–Kier alpha value is -1.77. The molecule has 1 aliphatic rings. The van der Waals surface area contributed by atoms with Gasteiger partial charge in [0.2, 0.25) is 0 Å². The molecule has 1 fully saturated rings. The number of amides is 2. The quantitative estimate of drug-likeness (QED) is 0.778. The van der Waals surface area contributed by atoms with Gasteiger partial charge in [-0.2, -0.15) is 5.26 Å². The second-order valence-corrected chi connectivity index (χ2v) is 4.40. The molecule has 0 saturated carbocycles. The molecule has 1 unspecified atom stereocenters. The Morgan fingerprint density at radius 3 is 2.65 bits per heavy atom. The van der Waals surface area contributed by atoms with Crippen LogP contribution in [0.4, 0.5) is 4.79 Å². The Labute approximate surface area is 100 Å². The second kappa shape index (κ2) is 5.53. The molecule has 6 nitrogen and oxygen atoms in total. The van der Waals surface area contributed by atoms with E-state index in [0.29, 0.717) is 26.1 Å². The summed E-state index contributed by atoms with van der Waals surface area (Å²) in [5.74, 6) is -1.19. The van der Waals surface area contributed by atoms with Crippen molar-refractivity contribution in [1.82, 2.24) is 9.80 Å². The summed E-state index contributed by atoms with van der Waals surface area (Å²) in [5.41, 5.74) is 0. The second-order valence-electron chi connectivity index (χ2n) is 4.40. The van der Waals surface area contributed by atoms with Gasteiger partial charge in [0, 0.05) is 32.6 Å². The molecule has 94 valence electrons. The minimum absolute atomic E-state index is 0.0424. The van der Waals surface area contributed by atoms with Crippen LogP contribution in [0.2, 0.25) is 0 Å². The SMILES string of the molecule is CC(C(=O)O)C1CN(C(=O)N(C)CCC#N)C1. The Balaban J connectivity index is 2.35. The highest BCUT2D eigenvalue weighted by atomic mass is 16.4. The first-order valence-electron chi connectivity index (χ1n) is 5.57. The predicted octanol–water partition coefficient (Wildman–Crippen LogP) is 0.604. The predicted molar refractivity (Wildman–Crippen MR) is 60.1 cm³/mol. The minimum Gasteiger partial charge on any atom is -0.481 e. The molecular formula is C11H17N3O3. The molecule has 0 aromatic rings. The molecule has 1 aliphatic heterocycles. The van der Waals surface area contributed by atoms with E-state index in [1.807, 2.05) is 6.07 Å². The average molecular weight is 239 g/mol. The van der Waals surface area contributed by atoms with Gasteiger partial charge in [-0.15, -0.1) is 0 Å². The molecule has 1 N–H and O–H groups in total. The first-order chi connectivity index (χ1) is 7.97. The first kappa shape index (κ1) is 13.3. The zero-order valence-corrected chi connectivity index (χ0v) is 10.1. The summed E-state index contributed by atoms with van der Waals surface area (Å²) in [4.78, 5) is 25.6. The fourth-order valence-corrected chi connectivity index (χ4v) is 1.74. The van der Waals surface area contributed by atoms with Crippen LogP contribution in [-0.4, -0.2) is 53.6 Å². The lowest BCUT2D eigenvalue weighted by atomic mass is 9.87. The van der Waals surface area contributed by atoms with E-state index in [0.717, 1.165) is 0 Å². The van der Waals surface area contributed by atoms with Crippen LogP contribution in [0.1, 0.15) is 13.3 Å². The number of carboxylic acid groups (broad SMARTS) is 1. The van der Waals surface area contributed by atoms with E-state index in [-0.39, 0.29) is 11.9 Å². The highest BCUT2D eigenvalue weighted by Crippen LogP contribution is 2.24. The van der Waals surface area contributed by atoms with Crippen LogP contribution >= 0.6 is 0 Å². The van der Waals surface area contributed by atoms with Crippen LogP contribution in [0.25, 0.3) is 0 Å². The lowest BCUT2D eigenvalue weighted by Crippen LogP contribution is -2.56. The Morgan fingerprint density at radius 1 is 1.59 bits per heavy atom. The number of carbonyl (C=O) groups is 2. The largest absolute Gasteiger partial charge is 0.481 e. The van der Waals surface area contributed by atoms with E-state index >= 15 is 0 Å². The van der Waals surface area contributed by atoms with Crippen molar-refractivity contribution in [3.63, 3.8) is 0 Å². The molecule has 0 spiro atoms. The molecule has 0 aliphatic carbocycles.